The summed E-state index contributed by atoms with van der Waals surface area (Å²) in [6.07, 6.45) is 0.246. The summed E-state index contributed by atoms with van der Waals surface area (Å²) in [7, 11) is 5.95. The van der Waals surface area contributed by atoms with E-state index in [1.165, 1.54) is 0 Å². The van der Waals surface area contributed by atoms with Crippen LogP contribution in [0.25, 0.3) is 0 Å². The fraction of sp³-hybridized carbons (Fsp3) is 1.00. The van der Waals surface area contributed by atoms with E-state index in [0.29, 0.717) is 17.8 Å². The third-order valence-corrected chi connectivity index (χ3v) is 4.58. The molecular weight excluding hydrogens is 187 g/mol. The second-order valence-electron chi connectivity index (χ2n) is 5.50. The van der Waals surface area contributed by atoms with Gasteiger partial charge in [-0.1, -0.05) is 27.7 Å². The van der Waals surface area contributed by atoms with Gasteiger partial charge >= 0.3 is 0 Å². The molecule has 0 spiro atoms. The lowest BCUT2D eigenvalue weighted by molar-refractivity contribution is -0.181. The first-order valence-corrected chi connectivity index (χ1v) is 6.00. The van der Waals surface area contributed by atoms with Crippen molar-refractivity contribution < 1.29 is 9.47 Å². The molecule has 2 bridgehead atoms. The zero-order valence-electron chi connectivity index (χ0n) is 10.4. The van der Waals surface area contributed by atoms with Crippen molar-refractivity contribution in [1.29, 1.82) is 0 Å². The minimum Gasteiger partial charge on any atom is -0.376 e. The van der Waals surface area contributed by atoms with E-state index < -0.39 is 0 Å². The largest absolute Gasteiger partial charge is 0.376 e. The Morgan fingerprint density at radius 3 is 2.20 bits per heavy atom. The first-order chi connectivity index (χ1) is 6.91. The van der Waals surface area contributed by atoms with E-state index in [-0.39, 0.29) is 23.8 Å². The van der Waals surface area contributed by atoms with Gasteiger partial charge in [-0.15, -0.1) is 0 Å². The second kappa shape index (κ2) is 3.49. The second-order valence-corrected chi connectivity index (χ2v) is 5.50. The van der Waals surface area contributed by atoms with Crippen LogP contribution in [0.5, 0.6) is 0 Å². The molecule has 0 N–H and O–H groups in total. The third kappa shape index (κ3) is 1.32. The SMILES string of the molecule is [B][C@@H]1O[C@@]2([C@@H](C)C(C)C)[C@H](C)[C@@H]1O[C@@H]2C. The van der Waals surface area contributed by atoms with Crippen LogP contribution in [0.15, 0.2) is 0 Å². The number of hydrogen-bond donors (Lipinski definition) is 0. The minimum absolute atomic E-state index is 0.0844. The maximum Gasteiger partial charge on any atom is 0.112 e. The molecule has 3 heteroatoms. The average molecular weight is 208 g/mol. The smallest absolute Gasteiger partial charge is 0.112 e. The van der Waals surface area contributed by atoms with Gasteiger partial charge in [-0.2, -0.15) is 0 Å². The van der Waals surface area contributed by atoms with Crippen molar-refractivity contribution in [2.24, 2.45) is 17.8 Å². The molecule has 2 rings (SSSR count). The first-order valence-electron chi connectivity index (χ1n) is 6.00. The molecule has 0 aromatic heterocycles. The van der Waals surface area contributed by atoms with E-state index in [9.17, 15) is 0 Å². The fourth-order valence-corrected chi connectivity index (χ4v) is 3.37. The van der Waals surface area contributed by atoms with Crippen LogP contribution in [0.1, 0.15) is 34.6 Å². The van der Waals surface area contributed by atoms with Crippen LogP contribution >= 0.6 is 0 Å². The summed E-state index contributed by atoms with van der Waals surface area (Å²) in [4.78, 5) is 0. The van der Waals surface area contributed by atoms with Gasteiger partial charge in [-0.05, 0) is 18.8 Å². The molecule has 2 fully saturated rings. The summed E-state index contributed by atoms with van der Waals surface area (Å²) in [5.41, 5.74) is -0.168. The van der Waals surface area contributed by atoms with Crippen LogP contribution in [-0.4, -0.2) is 31.7 Å². The lowest BCUT2D eigenvalue weighted by atomic mass is 9.72. The highest BCUT2D eigenvalue weighted by molar-refractivity contribution is 6.11. The lowest BCUT2D eigenvalue weighted by Crippen LogP contribution is -2.51. The number of fused-ring (bicyclic) bond motifs is 2. The van der Waals surface area contributed by atoms with E-state index >= 15 is 0 Å². The van der Waals surface area contributed by atoms with Crippen LogP contribution in [-0.2, 0) is 9.47 Å². The summed E-state index contributed by atoms with van der Waals surface area (Å²) in [6, 6.07) is -0.239. The number of ether oxygens (including phenoxy) is 2. The molecule has 2 aliphatic heterocycles. The van der Waals surface area contributed by atoms with Gasteiger partial charge in [-0.25, -0.2) is 0 Å². The molecule has 84 valence electrons. The average Bonchev–Trinajstić information content (AvgIpc) is 2.54. The van der Waals surface area contributed by atoms with Crippen LogP contribution in [0.4, 0.5) is 0 Å². The Morgan fingerprint density at radius 1 is 1.20 bits per heavy atom. The molecule has 0 unspecified atom stereocenters. The van der Waals surface area contributed by atoms with Crippen LogP contribution in [0.2, 0.25) is 0 Å². The molecular formula is C12H21BO2. The highest BCUT2D eigenvalue weighted by Gasteiger charge is 2.63. The van der Waals surface area contributed by atoms with Crippen molar-refractivity contribution in [2.75, 3.05) is 0 Å². The van der Waals surface area contributed by atoms with Gasteiger partial charge < -0.3 is 9.47 Å². The van der Waals surface area contributed by atoms with Crippen molar-refractivity contribution in [3.05, 3.63) is 0 Å². The fourth-order valence-electron chi connectivity index (χ4n) is 3.37. The van der Waals surface area contributed by atoms with Crippen LogP contribution in [0.3, 0.4) is 0 Å². The Bertz CT molecular complexity index is 256. The molecule has 2 radical (unpaired) electrons. The van der Waals surface area contributed by atoms with E-state index in [0.717, 1.165) is 0 Å². The van der Waals surface area contributed by atoms with Gasteiger partial charge in [0.1, 0.15) is 13.4 Å². The van der Waals surface area contributed by atoms with Crippen molar-refractivity contribution in [3.63, 3.8) is 0 Å². The Morgan fingerprint density at radius 2 is 1.80 bits per heavy atom. The number of rotatable bonds is 2. The molecule has 2 heterocycles. The van der Waals surface area contributed by atoms with Gasteiger partial charge in [0.05, 0.1) is 12.2 Å². The third-order valence-electron chi connectivity index (χ3n) is 4.58. The molecule has 0 aromatic rings. The van der Waals surface area contributed by atoms with Gasteiger partial charge in [0, 0.05) is 11.9 Å². The maximum absolute atomic E-state index is 6.05. The van der Waals surface area contributed by atoms with Gasteiger partial charge in [-0.3, -0.25) is 0 Å². The summed E-state index contributed by atoms with van der Waals surface area (Å²) < 4.78 is 12.0. The Kier molecular flexibility index (Phi) is 2.67. The molecule has 6 atom stereocenters. The van der Waals surface area contributed by atoms with Gasteiger partial charge in [0.25, 0.3) is 0 Å². The van der Waals surface area contributed by atoms with E-state index in [4.69, 9.17) is 17.3 Å². The molecule has 0 saturated carbocycles. The highest BCUT2D eigenvalue weighted by Crippen LogP contribution is 2.53. The van der Waals surface area contributed by atoms with Gasteiger partial charge in [0.2, 0.25) is 0 Å². The monoisotopic (exact) mass is 208 g/mol. The summed E-state index contributed by atoms with van der Waals surface area (Å²) in [5.74, 6) is 1.46. The zero-order chi connectivity index (χ0) is 11.4. The first kappa shape index (κ1) is 11.5. The van der Waals surface area contributed by atoms with Crippen molar-refractivity contribution in [2.45, 2.75) is 58.4 Å². The van der Waals surface area contributed by atoms with Crippen molar-refractivity contribution >= 4 is 7.85 Å². The molecule has 0 aromatic carbocycles. The van der Waals surface area contributed by atoms with Crippen molar-refractivity contribution in [3.8, 4) is 0 Å². The summed E-state index contributed by atoms with van der Waals surface area (Å²) >= 11 is 0. The molecule has 0 aliphatic carbocycles. The molecule has 2 saturated heterocycles. The van der Waals surface area contributed by atoms with E-state index in [2.05, 4.69) is 34.6 Å². The maximum atomic E-state index is 6.05. The Balaban J connectivity index is 2.32. The van der Waals surface area contributed by atoms with E-state index in [1.807, 2.05) is 0 Å². The van der Waals surface area contributed by atoms with Gasteiger partial charge in [0.15, 0.2) is 0 Å². The topological polar surface area (TPSA) is 18.5 Å². The van der Waals surface area contributed by atoms with E-state index in [1.54, 1.807) is 0 Å². The molecule has 15 heavy (non-hydrogen) atoms. The number of hydrogen-bond acceptors (Lipinski definition) is 2. The molecule has 2 nitrogen and oxygen atoms in total. The normalized spacial score (nSPS) is 51.3. The minimum atomic E-state index is -0.239. The quantitative estimate of drug-likeness (QED) is 0.646. The summed E-state index contributed by atoms with van der Waals surface area (Å²) in [5, 5.41) is 0. The van der Waals surface area contributed by atoms with Crippen molar-refractivity contribution in [1.82, 2.24) is 0 Å². The predicted octanol–water partition coefficient (Wildman–Crippen LogP) is 1.97. The standard InChI is InChI=1S/C12H21BO2/c1-6(2)7(3)12-8(4)10(11(13)15-12)14-9(12)5/h6-11H,1-5H3/t7-,8+,9+,10-,11+,12-/m0/s1. The summed E-state index contributed by atoms with van der Waals surface area (Å²) in [6.45, 7) is 11.0. The molecule has 0 amide bonds. The lowest BCUT2D eigenvalue weighted by Gasteiger charge is -2.42. The predicted molar refractivity (Wildman–Crippen MR) is 60.9 cm³/mol. The Labute approximate surface area is 94.1 Å². The molecule has 2 aliphatic rings. The van der Waals surface area contributed by atoms with Crippen LogP contribution in [0, 0.1) is 17.8 Å². The van der Waals surface area contributed by atoms with Crippen LogP contribution < -0.4 is 0 Å². The highest BCUT2D eigenvalue weighted by atomic mass is 16.6. The zero-order valence-corrected chi connectivity index (χ0v) is 10.4. The Hall–Kier alpha value is -0.0151.